The van der Waals surface area contributed by atoms with Crippen molar-refractivity contribution in [3.8, 4) is 17.3 Å². The molecule has 0 spiro atoms. The highest BCUT2D eigenvalue weighted by Gasteiger charge is 2.33. The lowest BCUT2D eigenvalue weighted by Gasteiger charge is -2.16. The van der Waals surface area contributed by atoms with Gasteiger partial charge in [-0.1, -0.05) is 5.10 Å². The highest BCUT2D eigenvalue weighted by Crippen LogP contribution is 2.37. The second-order valence-electron chi connectivity index (χ2n) is 5.43. The van der Waals surface area contributed by atoms with Gasteiger partial charge in [-0.3, -0.25) is 0 Å². The number of anilines is 3. The number of halogens is 6. The van der Waals surface area contributed by atoms with E-state index in [9.17, 15) is 26.3 Å². The van der Waals surface area contributed by atoms with Crippen LogP contribution in [-0.4, -0.2) is 34.3 Å². The molecule has 0 aliphatic carbocycles. The number of hydrogen-bond acceptors (Lipinski definition) is 8. The van der Waals surface area contributed by atoms with Gasteiger partial charge in [0.1, 0.15) is 17.8 Å². The monoisotopic (exact) mass is 408 g/mol. The third kappa shape index (κ3) is 4.44. The Morgan fingerprint density at radius 1 is 1.04 bits per heavy atom. The third-order valence-corrected chi connectivity index (χ3v) is 3.29. The SMILES string of the molecule is Nc1nnc(-c2cc(N)c3cc(NCC(F)(F)F)cc(OC(F)(F)F)c3n2)o1. The van der Waals surface area contributed by atoms with Gasteiger partial charge >= 0.3 is 18.6 Å². The van der Waals surface area contributed by atoms with Crippen LogP contribution in [0.2, 0.25) is 0 Å². The van der Waals surface area contributed by atoms with E-state index in [0.29, 0.717) is 0 Å². The van der Waals surface area contributed by atoms with E-state index in [4.69, 9.17) is 15.9 Å². The van der Waals surface area contributed by atoms with Gasteiger partial charge in [0.15, 0.2) is 5.75 Å². The molecule has 0 saturated heterocycles. The predicted molar refractivity (Wildman–Crippen MR) is 85.1 cm³/mol. The standard InChI is InChI=1S/C14H10F6N6O2/c15-13(16,17)4-23-5-1-6-7(21)3-8(11-25-26-12(22)27-11)24-10(6)9(2-5)28-14(18,19)20/h1-3,23H,4H2,(H2,21,24)(H2,22,26). The zero-order valence-electron chi connectivity index (χ0n) is 13.5. The number of rotatable bonds is 4. The summed E-state index contributed by atoms with van der Waals surface area (Å²) in [5, 5.41) is 8.84. The van der Waals surface area contributed by atoms with Gasteiger partial charge in [0.25, 0.3) is 5.89 Å². The van der Waals surface area contributed by atoms with Crippen LogP contribution in [0.25, 0.3) is 22.5 Å². The fraction of sp³-hybridized carbons (Fsp3) is 0.214. The molecule has 1 aromatic carbocycles. The van der Waals surface area contributed by atoms with Gasteiger partial charge in [0.2, 0.25) is 0 Å². The Balaban J connectivity index is 2.14. The fourth-order valence-electron chi connectivity index (χ4n) is 2.28. The lowest BCUT2D eigenvalue weighted by molar-refractivity contribution is -0.274. The molecular formula is C14H10F6N6O2. The summed E-state index contributed by atoms with van der Waals surface area (Å²) in [6.45, 7) is -1.48. The lowest BCUT2D eigenvalue weighted by atomic mass is 10.1. The number of pyridine rings is 1. The molecule has 8 nitrogen and oxygen atoms in total. The van der Waals surface area contributed by atoms with Crippen LogP contribution in [0, 0.1) is 0 Å². The minimum absolute atomic E-state index is 0.0809. The first-order valence-corrected chi connectivity index (χ1v) is 7.31. The number of fused-ring (bicyclic) bond motifs is 1. The number of benzene rings is 1. The van der Waals surface area contributed by atoms with Crippen molar-refractivity contribution in [1.29, 1.82) is 0 Å². The maximum absolute atomic E-state index is 12.8. The van der Waals surface area contributed by atoms with Crippen molar-refractivity contribution in [1.82, 2.24) is 15.2 Å². The van der Waals surface area contributed by atoms with E-state index in [0.717, 1.165) is 12.1 Å². The number of ether oxygens (including phenoxy) is 1. The normalized spacial score (nSPS) is 12.4. The molecule has 0 saturated carbocycles. The van der Waals surface area contributed by atoms with Crippen LogP contribution >= 0.6 is 0 Å². The Labute approximate surface area is 151 Å². The fourth-order valence-corrected chi connectivity index (χ4v) is 2.28. The number of aromatic nitrogens is 3. The maximum Gasteiger partial charge on any atom is 0.573 e. The molecule has 0 fully saturated rings. The molecule has 0 aliphatic heterocycles. The highest BCUT2D eigenvalue weighted by atomic mass is 19.4. The molecule has 0 radical (unpaired) electrons. The number of nitrogens with zero attached hydrogens (tertiary/aromatic N) is 3. The van der Waals surface area contributed by atoms with Gasteiger partial charge in [-0.25, -0.2) is 4.98 Å². The molecular weight excluding hydrogens is 398 g/mol. The molecule has 5 N–H and O–H groups in total. The van der Waals surface area contributed by atoms with Gasteiger partial charge in [0.05, 0.1) is 0 Å². The molecule has 150 valence electrons. The predicted octanol–water partition coefficient (Wildman–Crippen LogP) is 3.32. The van der Waals surface area contributed by atoms with E-state index < -0.39 is 24.8 Å². The molecule has 0 aliphatic rings. The van der Waals surface area contributed by atoms with Crippen molar-refractivity contribution < 1.29 is 35.5 Å². The minimum atomic E-state index is -5.13. The zero-order chi connectivity index (χ0) is 20.7. The molecule has 14 heteroatoms. The summed E-state index contributed by atoms with van der Waals surface area (Å²) < 4.78 is 84.4. The largest absolute Gasteiger partial charge is 0.573 e. The van der Waals surface area contributed by atoms with E-state index in [2.05, 4.69) is 19.9 Å². The topological polar surface area (TPSA) is 125 Å². The molecule has 3 rings (SSSR count). The molecule has 0 amide bonds. The summed E-state index contributed by atoms with van der Waals surface area (Å²) in [5.41, 5.74) is 10.2. The highest BCUT2D eigenvalue weighted by molar-refractivity contribution is 5.98. The first-order chi connectivity index (χ1) is 12.9. The molecule has 0 atom stereocenters. The van der Waals surface area contributed by atoms with Gasteiger partial charge in [0, 0.05) is 22.8 Å². The van der Waals surface area contributed by atoms with Crippen molar-refractivity contribution in [3.63, 3.8) is 0 Å². The van der Waals surface area contributed by atoms with Crippen molar-refractivity contribution in [2.45, 2.75) is 12.5 Å². The number of nitrogens with one attached hydrogen (secondary N) is 1. The van der Waals surface area contributed by atoms with Crippen LogP contribution in [0.3, 0.4) is 0 Å². The molecule has 2 heterocycles. The van der Waals surface area contributed by atoms with Crippen molar-refractivity contribution >= 4 is 28.3 Å². The molecule has 2 aromatic heterocycles. The van der Waals surface area contributed by atoms with Gasteiger partial charge < -0.3 is 25.9 Å². The summed E-state index contributed by atoms with van der Waals surface area (Å²) in [6, 6.07) is 2.72. The Morgan fingerprint density at radius 2 is 1.75 bits per heavy atom. The minimum Gasteiger partial charge on any atom is -0.403 e. The Bertz CT molecular complexity index is 1020. The van der Waals surface area contributed by atoms with Crippen molar-refractivity contribution in [2.24, 2.45) is 0 Å². The van der Waals surface area contributed by atoms with Crippen molar-refractivity contribution in [2.75, 3.05) is 23.3 Å². The van der Waals surface area contributed by atoms with Crippen LogP contribution < -0.4 is 21.5 Å². The van der Waals surface area contributed by atoms with Crippen LogP contribution in [-0.2, 0) is 0 Å². The second kappa shape index (κ2) is 6.61. The van der Waals surface area contributed by atoms with Crippen LogP contribution in [0.5, 0.6) is 5.75 Å². The van der Waals surface area contributed by atoms with Crippen LogP contribution in [0.1, 0.15) is 0 Å². The van der Waals surface area contributed by atoms with E-state index in [1.165, 1.54) is 6.07 Å². The first kappa shape index (κ1) is 19.3. The van der Waals surface area contributed by atoms with Crippen molar-refractivity contribution in [3.05, 3.63) is 18.2 Å². The van der Waals surface area contributed by atoms with Crippen LogP contribution in [0.4, 0.5) is 43.7 Å². The second-order valence-corrected chi connectivity index (χ2v) is 5.43. The van der Waals surface area contributed by atoms with E-state index >= 15 is 0 Å². The van der Waals surface area contributed by atoms with Gasteiger partial charge in [-0.2, -0.15) is 13.2 Å². The van der Waals surface area contributed by atoms with E-state index in [1.54, 1.807) is 0 Å². The summed E-state index contributed by atoms with van der Waals surface area (Å²) in [7, 11) is 0. The molecule has 0 bridgehead atoms. The third-order valence-electron chi connectivity index (χ3n) is 3.29. The summed E-state index contributed by atoms with van der Waals surface area (Å²) in [4.78, 5) is 3.95. The smallest absolute Gasteiger partial charge is 0.403 e. The average Bonchev–Trinajstić information content (AvgIpc) is 2.98. The summed E-state index contributed by atoms with van der Waals surface area (Å²) in [6.07, 6.45) is -9.72. The number of alkyl halides is 6. The zero-order valence-corrected chi connectivity index (χ0v) is 13.5. The number of nitrogen functional groups attached to an aromatic ring is 2. The molecule has 28 heavy (non-hydrogen) atoms. The Hall–Kier alpha value is -3.45. The maximum atomic E-state index is 12.8. The molecule has 0 unspecified atom stereocenters. The van der Waals surface area contributed by atoms with Gasteiger partial charge in [-0.15, -0.1) is 18.3 Å². The van der Waals surface area contributed by atoms with Crippen LogP contribution in [0.15, 0.2) is 22.6 Å². The lowest BCUT2D eigenvalue weighted by Crippen LogP contribution is -2.22. The van der Waals surface area contributed by atoms with E-state index in [-0.39, 0.29) is 39.9 Å². The number of hydrogen-bond donors (Lipinski definition) is 3. The van der Waals surface area contributed by atoms with Gasteiger partial charge in [-0.05, 0) is 12.1 Å². The molecule has 3 aromatic rings. The quantitative estimate of drug-likeness (QED) is 0.562. The number of nitrogens with two attached hydrogens (primary N) is 2. The average molecular weight is 408 g/mol. The Kier molecular flexibility index (Phi) is 4.56. The summed E-state index contributed by atoms with van der Waals surface area (Å²) >= 11 is 0. The van der Waals surface area contributed by atoms with E-state index in [1.807, 2.05) is 5.32 Å². The Morgan fingerprint density at radius 3 is 2.32 bits per heavy atom. The first-order valence-electron chi connectivity index (χ1n) is 7.31. The summed E-state index contributed by atoms with van der Waals surface area (Å²) in [5.74, 6) is -1.08.